The van der Waals surface area contributed by atoms with E-state index >= 15 is 0 Å². The monoisotopic (exact) mass is 558 g/mol. The highest BCUT2D eigenvalue weighted by molar-refractivity contribution is 6.41. The molecule has 11 heteroatoms. The van der Waals surface area contributed by atoms with Gasteiger partial charge in [0.25, 0.3) is 5.91 Å². The molecule has 2 heterocycles. The van der Waals surface area contributed by atoms with E-state index in [0.29, 0.717) is 43.9 Å². The van der Waals surface area contributed by atoms with Gasteiger partial charge in [-0.2, -0.15) is 5.26 Å². The smallest absolute Gasteiger partial charge is 0.453 e. The number of carbonyl (C=O) groups excluding carboxylic acids is 2. The van der Waals surface area contributed by atoms with Crippen LogP contribution in [0.15, 0.2) is 64.8 Å². The second-order valence-corrected chi connectivity index (χ2v) is 9.96. The molecule has 0 unspecified atom stereocenters. The lowest BCUT2D eigenvalue weighted by Crippen LogP contribution is -2.43. The minimum absolute atomic E-state index is 0.0639. The van der Waals surface area contributed by atoms with Crippen molar-refractivity contribution in [1.82, 2.24) is 15.5 Å². The molecule has 1 fully saturated rings. The predicted molar refractivity (Wildman–Crippen MR) is 155 cm³/mol. The van der Waals surface area contributed by atoms with Crippen LogP contribution in [0.3, 0.4) is 0 Å². The zero-order chi connectivity index (χ0) is 29.2. The number of nitrogens with one attached hydrogen (secondary N) is 2. The number of urea groups is 1. The van der Waals surface area contributed by atoms with Crippen molar-refractivity contribution in [3.05, 3.63) is 77.1 Å². The summed E-state index contributed by atoms with van der Waals surface area (Å²) in [4.78, 5) is 27.6. The van der Waals surface area contributed by atoms with Gasteiger partial charge in [0.15, 0.2) is 0 Å². The van der Waals surface area contributed by atoms with Gasteiger partial charge >= 0.3 is 13.1 Å². The van der Waals surface area contributed by atoms with Crippen LogP contribution < -0.4 is 10.6 Å². The van der Waals surface area contributed by atoms with E-state index < -0.39 is 19.2 Å². The van der Waals surface area contributed by atoms with E-state index in [1.165, 1.54) is 6.26 Å². The molecule has 0 spiro atoms. The van der Waals surface area contributed by atoms with E-state index in [9.17, 15) is 24.9 Å². The molecule has 0 bridgehead atoms. The van der Waals surface area contributed by atoms with Crippen LogP contribution in [0.25, 0.3) is 17.0 Å². The van der Waals surface area contributed by atoms with Gasteiger partial charge in [0, 0.05) is 49.6 Å². The van der Waals surface area contributed by atoms with Crippen molar-refractivity contribution < 1.29 is 28.8 Å². The summed E-state index contributed by atoms with van der Waals surface area (Å²) in [6, 6.07) is 15.8. The maximum Gasteiger partial charge on any atom is 0.453 e. The Bertz CT molecular complexity index is 1410. The quantitative estimate of drug-likeness (QED) is 0.160. The molecule has 3 aromatic rings. The van der Waals surface area contributed by atoms with Crippen molar-refractivity contribution >= 4 is 36.1 Å². The summed E-state index contributed by atoms with van der Waals surface area (Å²) in [5.41, 5.74) is 3.03. The SMILES string of the molecule is CCN(C(=O)C(C#N)=Cc1cccc(CCNC(=O)N[C@@H](CB(O)O)c2coc3ccccc23)c1)C1CCOCC1. The molecule has 4 N–H and O–H groups in total. The molecule has 4 rings (SSSR count). The highest BCUT2D eigenvalue weighted by Crippen LogP contribution is 2.29. The molecule has 3 amide bonds. The molecular weight excluding hydrogens is 523 g/mol. The van der Waals surface area contributed by atoms with E-state index in [4.69, 9.17) is 9.15 Å². The fraction of sp³-hybridized carbons (Fsp3) is 0.367. The van der Waals surface area contributed by atoms with Crippen LogP contribution in [0.4, 0.5) is 4.79 Å². The molecule has 41 heavy (non-hydrogen) atoms. The highest BCUT2D eigenvalue weighted by atomic mass is 16.5. The summed E-state index contributed by atoms with van der Waals surface area (Å²) < 4.78 is 11.0. The van der Waals surface area contributed by atoms with Gasteiger partial charge in [0.1, 0.15) is 17.2 Å². The van der Waals surface area contributed by atoms with Crippen molar-refractivity contribution in [1.29, 1.82) is 5.26 Å². The number of nitriles is 1. The van der Waals surface area contributed by atoms with Gasteiger partial charge in [0.05, 0.1) is 12.3 Å². The first-order chi connectivity index (χ1) is 19.9. The number of para-hydroxylation sites is 1. The van der Waals surface area contributed by atoms with E-state index in [0.717, 1.165) is 29.4 Å². The first kappa shape index (κ1) is 29.9. The Labute approximate surface area is 239 Å². The van der Waals surface area contributed by atoms with Crippen molar-refractivity contribution in [3.8, 4) is 6.07 Å². The Morgan fingerprint density at radius 1 is 1.20 bits per heavy atom. The van der Waals surface area contributed by atoms with Gasteiger partial charge in [-0.3, -0.25) is 4.79 Å². The van der Waals surface area contributed by atoms with E-state index in [1.807, 2.05) is 49.4 Å². The Balaban J connectivity index is 1.36. The Morgan fingerprint density at radius 2 is 1.98 bits per heavy atom. The molecule has 1 saturated heterocycles. The first-order valence-electron chi connectivity index (χ1n) is 13.9. The van der Waals surface area contributed by atoms with E-state index in [1.54, 1.807) is 17.0 Å². The second kappa shape index (κ2) is 14.5. The van der Waals surface area contributed by atoms with Crippen LogP contribution in [0.1, 0.15) is 42.5 Å². The molecule has 1 aliphatic heterocycles. The minimum atomic E-state index is -1.61. The number of ether oxygens (including phenoxy) is 1. The van der Waals surface area contributed by atoms with Crippen molar-refractivity contribution in [3.63, 3.8) is 0 Å². The lowest BCUT2D eigenvalue weighted by molar-refractivity contribution is -0.130. The molecule has 0 aliphatic carbocycles. The number of carbonyl (C=O) groups is 2. The molecule has 1 aromatic heterocycles. The number of rotatable bonds is 11. The number of hydrogen-bond donors (Lipinski definition) is 4. The molecule has 2 aromatic carbocycles. The number of likely N-dealkylation sites (N-methyl/N-ethyl adjacent to an activating group) is 1. The summed E-state index contributed by atoms with van der Waals surface area (Å²) >= 11 is 0. The standard InChI is InChI=1S/C30H35BN4O6/c1-2-35(24-11-14-40-15-12-24)29(36)23(19-32)17-22-7-5-6-21(16-22)10-13-33-30(37)34-27(18-31(38)39)26-20-41-28-9-4-3-8-25(26)28/h3-9,16-17,20,24,27,38-39H,2,10-15,18H2,1H3,(H2,33,34,37)/t27-/m0/s1. The van der Waals surface area contributed by atoms with E-state index in [-0.39, 0.29) is 23.8 Å². The number of benzene rings is 2. The van der Waals surface area contributed by atoms with Crippen LogP contribution in [0, 0.1) is 11.3 Å². The topological polar surface area (TPSA) is 148 Å². The maximum absolute atomic E-state index is 13.2. The lowest BCUT2D eigenvalue weighted by Gasteiger charge is -2.33. The molecule has 1 aliphatic rings. The Morgan fingerprint density at radius 3 is 2.71 bits per heavy atom. The van der Waals surface area contributed by atoms with Gasteiger partial charge in [0.2, 0.25) is 0 Å². The number of hydrogen-bond acceptors (Lipinski definition) is 7. The van der Waals surface area contributed by atoms with Gasteiger partial charge < -0.3 is 34.7 Å². The summed E-state index contributed by atoms with van der Waals surface area (Å²) in [6.07, 6.45) is 5.04. The largest absolute Gasteiger partial charge is 0.464 e. The van der Waals surface area contributed by atoms with Gasteiger partial charge in [-0.25, -0.2) is 4.79 Å². The molecule has 10 nitrogen and oxygen atoms in total. The highest BCUT2D eigenvalue weighted by Gasteiger charge is 2.27. The maximum atomic E-state index is 13.2. The Kier molecular flexibility index (Phi) is 10.6. The fourth-order valence-corrected chi connectivity index (χ4v) is 5.14. The number of nitrogens with zero attached hydrogens (tertiary/aromatic N) is 2. The molecular formula is C30H35BN4O6. The average molecular weight is 558 g/mol. The van der Waals surface area contributed by atoms with Gasteiger partial charge in [-0.15, -0.1) is 0 Å². The average Bonchev–Trinajstić information content (AvgIpc) is 3.41. The van der Waals surface area contributed by atoms with Crippen LogP contribution in [-0.4, -0.2) is 66.3 Å². The van der Waals surface area contributed by atoms with Crippen LogP contribution in [-0.2, 0) is 16.0 Å². The van der Waals surface area contributed by atoms with Crippen molar-refractivity contribution in [2.45, 2.75) is 44.6 Å². The molecule has 1 atom stereocenters. The first-order valence-corrected chi connectivity index (χ1v) is 13.9. The fourth-order valence-electron chi connectivity index (χ4n) is 5.14. The number of fused-ring (bicyclic) bond motifs is 1. The normalized spacial score (nSPS) is 14.7. The third-order valence-corrected chi connectivity index (χ3v) is 7.18. The predicted octanol–water partition coefficient (Wildman–Crippen LogP) is 3.42. The van der Waals surface area contributed by atoms with Crippen LogP contribution in [0.2, 0.25) is 6.32 Å². The number of amides is 3. The molecule has 214 valence electrons. The van der Waals surface area contributed by atoms with Crippen molar-refractivity contribution in [2.75, 3.05) is 26.3 Å². The molecule has 0 radical (unpaired) electrons. The zero-order valence-corrected chi connectivity index (χ0v) is 23.1. The lowest BCUT2D eigenvalue weighted by atomic mass is 9.79. The summed E-state index contributed by atoms with van der Waals surface area (Å²) in [5.74, 6) is -0.279. The summed E-state index contributed by atoms with van der Waals surface area (Å²) in [5, 5.41) is 35.3. The summed E-state index contributed by atoms with van der Waals surface area (Å²) in [7, 11) is -1.61. The molecule has 0 saturated carbocycles. The zero-order valence-electron chi connectivity index (χ0n) is 23.1. The van der Waals surface area contributed by atoms with Crippen LogP contribution in [0.5, 0.6) is 0 Å². The van der Waals surface area contributed by atoms with E-state index in [2.05, 4.69) is 16.7 Å². The van der Waals surface area contributed by atoms with Gasteiger partial charge in [-0.1, -0.05) is 42.5 Å². The van der Waals surface area contributed by atoms with Crippen molar-refractivity contribution in [2.24, 2.45) is 0 Å². The third kappa shape index (κ3) is 7.98. The minimum Gasteiger partial charge on any atom is -0.464 e. The Hall–Kier alpha value is -4.11. The number of furan rings is 1. The second-order valence-electron chi connectivity index (χ2n) is 9.96. The van der Waals surface area contributed by atoms with Crippen LogP contribution >= 0.6 is 0 Å². The van der Waals surface area contributed by atoms with Gasteiger partial charge in [-0.05, 0) is 49.5 Å². The third-order valence-electron chi connectivity index (χ3n) is 7.18. The summed E-state index contributed by atoms with van der Waals surface area (Å²) in [6.45, 7) is 3.97.